The van der Waals surface area contributed by atoms with Crippen molar-refractivity contribution in [3.05, 3.63) is 64.2 Å². The molecule has 0 radical (unpaired) electrons. The number of ether oxygens (including phenoxy) is 1. The average molecular weight is 407 g/mol. The fourth-order valence-corrected chi connectivity index (χ4v) is 3.70. The number of benzene rings is 2. The van der Waals surface area contributed by atoms with Gasteiger partial charge in [0.25, 0.3) is 11.5 Å². The molecule has 1 aromatic heterocycles. The summed E-state index contributed by atoms with van der Waals surface area (Å²) in [4.78, 5) is 29.6. The van der Waals surface area contributed by atoms with Crippen LogP contribution in [0.25, 0.3) is 10.9 Å². The predicted octanol–water partition coefficient (Wildman–Crippen LogP) is 2.57. The quantitative estimate of drug-likeness (QED) is 0.655. The molecule has 3 aromatic rings. The molecule has 2 aromatic carbocycles. The molecular weight excluding hydrogens is 382 g/mol. The van der Waals surface area contributed by atoms with E-state index in [0.29, 0.717) is 36.2 Å². The molecule has 4 rings (SSSR count). The zero-order valence-electron chi connectivity index (χ0n) is 16.8. The Morgan fingerprint density at radius 3 is 2.80 bits per heavy atom. The first-order valence-corrected chi connectivity index (χ1v) is 10.3. The Morgan fingerprint density at radius 2 is 1.97 bits per heavy atom. The number of hydrogen-bond donors (Lipinski definition) is 2. The number of carbonyl (C=O) groups is 1. The van der Waals surface area contributed by atoms with Crippen LogP contribution in [0.15, 0.2) is 47.3 Å². The zero-order chi connectivity index (χ0) is 20.9. The second-order valence-corrected chi connectivity index (χ2v) is 7.53. The van der Waals surface area contributed by atoms with Crippen LogP contribution in [-0.2, 0) is 24.2 Å². The predicted molar refractivity (Wildman–Crippen MR) is 114 cm³/mol. The Morgan fingerprint density at radius 1 is 1.13 bits per heavy atom. The summed E-state index contributed by atoms with van der Waals surface area (Å²) in [7, 11) is 0. The minimum absolute atomic E-state index is 0.0410. The van der Waals surface area contributed by atoms with Gasteiger partial charge in [0, 0.05) is 19.5 Å². The maximum atomic E-state index is 12.9. The van der Waals surface area contributed by atoms with Crippen molar-refractivity contribution >= 4 is 16.8 Å². The summed E-state index contributed by atoms with van der Waals surface area (Å²) >= 11 is 0. The summed E-state index contributed by atoms with van der Waals surface area (Å²) in [5.41, 5.74) is 1.65. The van der Waals surface area contributed by atoms with E-state index in [1.54, 1.807) is 34.9 Å². The molecule has 0 spiro atoms. The van der Waals surface area contributed by atoms with Crippen molar-refractivity contribution < 1.29 is 14.6 Å². The number of amides is 1. The smallest absolute Gasteiger partial charge is 0.261 e. The minimum atomic E-state index is -0.231. The van der Waals surface area contributed by atoms with E-state index in [-0.39, 0.29) is 23.8 Å². The van der Waals surface area contributed by atoms with E-state index in [0.717, 1.165) is 37.1 Å². The number of nitrogens with zero attached hydrogens (tertiary/aromatic N) is 2. The van der Waals surface area contributed by atoms with Gasteiger partial charge in [0.2, 0.25) is 0 Å². The highest BCUT2D eigenvalue weighted by Gasteiger charge is 2.14. The SMILES string of the molecule is O=C(COc1ccc2nc3n(c(=O)c2c1)CCCCC3)NCCc1ccc(O)cc1. The lowest BCUT2D eigenvalue weighted by Crippen LogP contribution is -2.30. The zero-order valence-corrected chi connectivity index (χ0v) is 16.8. The molecule has 0 fully saturated rings. The summed E-state index contributed by atoms with van der Waals surface area (Å²) < 4.78 is 7.37. The third-order valence-electron chi connectivity index (χ3n) is 5.33. The Balaban J connectivity index is 1.36. The van der Waals surface area contributed by atoms with Crippen LogP contribution in [-0.4, -0.2) is 33.7 Å². The third kappa shape index (κ3) is 4.62. The lowest BCUT2D eigenvalue weighted by atomic mass is 10.1. The van der Waals surface area contributed by atoms with E-state index >= 15 is 0 Å². The van der Waals surface area contributed by atoms with Crippen LogP contribution in [0.2, 0.25) is 0 Å². The highest BCUT2D eigenvalue weighted by Crippen LogP contribution is 2.19. The Hall–Kier alpha value is -3.35. The molecule has 0 saturated carbocycles. The lowest BCUT2D eigenvalue weighted by molar-refractivity contribution is -0.123. The maximum absolute atomic E-state index is 12.9. The molecule has 1 aliphatic heterocycles. The number of nitrogens with one attached hydrogen (secondary N) is 1. The van der Waals surface area contributed by atoms with Crippen molar-refractivity contribution in [2.24, 2.45) is 0 Å². The molecule has 0 bridgehead atoms. The molecule has 0 unspecified atom stereocenters. The highest BCUT2D eigenvalue weighted by molar-refractivity contribution is 5.80. The van der Waals surface area contributed by atoms with Gasteiger partial charge in [-0.1, -0.05) is 18.6 Å². The number of aromatic hydroxyl groups is 1. The summed E-state index contributed by atoms with van der Waals surface area (Å²) in [5, 5.41) is 12.6. The molecule has 2 heterocycles. The maximum Gasteiger partial charge on any atom is 0.261 e. The number of carbonyl (C=O) groups excluding carboxylic acids is 1. The Bertz CT molecular complexity index is 1110. The summed E-state index contributed by atoms with van der Waals surface area (Å²) in [6.07, 6.45) is 4.64. The van der Waals surface area contributed by atoms with Gasteiger partial charge in [0.1, 0.15) is 17.3 Å². The van der Waals surface area contributed by atoms with Crippen LogP contribution in [0.1, 0.15) is 30.7 Å². The number of fused-ring (bicyclic) bond motifs is 2. The Kier molecular flexibility index (Phi) is 5.97. The molecule has 0 atom stereocenters. The second-order valence-electron chi connectivity index (χ2n) is 7.53. The van der Waals surface area contributed by atoms with E-state index in [9.17, 15) is 14.7 Å². The number of phenols is 1. The van der Waals surface area contributed by atoms with E-state index in [1.165, 1.54) is 0 Å². The van der Waals surface area contributed by atoms with Gasteiger partial charge < -0.3 is 15.2 Å². The van der Waals surface area contributed by atoms with E-state index < -0.39 is 0 Å². The topological polar surface area (TPSA) is 93.5 Å². The first-order valence-electron chi connectivity index (χ1n) is 10.3. The van der Waals surface area contributed by atoms with Crippen molar-refractivity contribution in [2.45, 2.75) is 38.6 Å². The van der Waals surface area contributed by atoms with Crippen molar-refractivity contribution in [1.82, 2.24) is 14.9 Å². The lowest BCUT2D eigenvalue weighted by Gasteiger charge is -2.11. The number of hydrogen-bond acceptors (Lipinski definition) is 5. The van der Waals surface area contributed by atoms with Gasteiger partial charge in [-0.2, -0.15) is 0 Å². The summed E-state index contributed by atoms with van der Waals surface area (Å²) in [6, 6.07) is 12.1. The number of rotatable bonds is 6. The van der Waals surface area contributed by atoms with Crippen LogP contribution in [0, 0.1) is 0 Å². The second kappa shape index (κ2) is 8.98. The fourth-order valence-electron chi connectivity index (χ4n) is 3.70. The third-order valence-corrected chi connectivity index (χ3v) is 5.33. The van der Waals surface area contributed by atoms with Gasteiger partial charge in [0.15, 0.2) is 6.61 Å². The summed E-state index contributed by atoms with van der Waals surface area (Å²) in [5.74, 6) is 1.32. The molecule has 156 valence electrons. The van der Waals surface area contributed by atoms with Gasteiger partial charge in [-0.05, 0) is 55.2 Å². The van der Waals surface area contributed by atoms with E-state index in [2.05, 4.69) is 10.3 Å². The van der Waals surface area contributed by atoms with Gasteiger partial charge in [-0.25, -0.2) is 4.98 Å². The molecule has 1 amide bonds. The van der Waals surface area contributed by atoms with Crippen LogP contribution in [0.4, 0.5) is 0 Å². The standard InChI is InChI=1S/C23H25N3O4/c27-17-7-5-16(6-8-17)11-12-24-22(28)15-30-18-9-10-20-19(14-18)23(29)26-13-3-1-2-4-21(26)25-20/h5-10,14,27H,1-4,11-13,15H2,(H,24,28). The van der Waals surface area contributed by atoms with E-state index in [1.807, 2.05) is 12.1 Å². The van der Waals surface area contributed by atoms with Crippen molar-refractivity contribution in [1.29, 1.82) is 0 Å². The molecule has 2 N–H and O–H groups in total. The van der Waals surface area contributed by atoms with Crippen LogP contribution in [0.3, 0.4) is 0 Å². The van der Waals surface area contributed by atoms with Gasteiger partial charge in [-0.3, -0.25) is 14.2 Å². The number of aryl methyl sites for hydroxylation is 1. The van der Waals surface area contributed by atoms with Crippen molar-refractivity contribution in [3.8, 4) is 11.5 Å². The average Bonchev–Trinajstić information content (AvgIpc) is 3.00. The molecule has 7 nitrogen and oxygen atoms in total. The first kappa shape index (κ1) is 19.9. The normalized spacial score (nSPS) is 13.5. The molecule has 1 aliphatic rings. The minimum Gasteiger partial charge on any atom is -0.508 e. The molecule has 7 heteroatoms. The monoisotopic (exact) mass is 407 g/mol. The molecule has 30 heavy (non-hydrogen) atoms. The number of aromatic nitrogens is 2. The summed E-state index contributed by atoms with van der Waals surface area (Å²) in [6.45, 7) is 1.05. The number of phenolic OH excluding ortho intramolecular Hbond substituents is 1. The van der Waals surface area contributed by atoms with E-state index in [4.69, 9.17) is 4.74 Å². The van der Waals surface area contributed by atoms with Gasteiger partial charge in [0.05, 0.1) is 10.9 Å². The van der Waals surface area contributed by atoms with Crippen LogP contribution < -0.4 is 15.6 Å². The Labute approximate surface area is 174 Å². The first-order chi connectivity index (χ1) is 14.6. The van der Waals surface area contributed by atoms with Crippen molar-refractivity contribution in [3.63, 3.8) is 0 Å². The van der Waals surface area contributed by atoms with Gasteiger partial charge >= 0.3 is 0 Å². The fraction of sp³-hybridized carbons (Fsp3) is 0.348. The molecule has 0 saturated heterocycles. The van der Waals surface area contributed by atoms with Crippen molar-refractivity contribution in [2.75, 3.05) is 13.2 Å². The van der Waals surface area contributed by atoms with Crippen LogP contribution in [0.5, 0.6) is 11.5 Å². The van der Waals surface area contributed by atoms with Gasteiger partial charge in [-0.15, -0.1) is 0 Å². The molecular formula is C23H25N3O4. The van der Waals surface area contributed by atoms with Crippen LogP contribution >= 0.6 is 0 Å². The molecule has 0 aliphatic carbocycles. The largest absolute Gasteiger partial charge is 0.508 e. The highest BCUT2D eigenvalue weighted by atomic mass is 16.5.